The highest BCUT2D eigenvalue weighted by molar-refractivity contribution is 6.98. The van der Waals surface area contributed by atoms with Crippen molar-refractivity contribution < 1.29 is 28.6 Å². The molecule has 0 radical (unpaired) electrons. The first-order chi connectivity index (χ1) is 20.7. The highest BCUT2D eigenvalue weighted by Crippen LogP contribution is 2.50. The van der Waals surface area contributed by atoms with Crippen LogP contribution in [0.4, 0.5) is 0 Å². The summed E-state index contributed by atoms with van der Waals surface area (Å²) in [5.41, 5.74) is -0.994. The van der Waals surface area contributed by atoms with Crippen molar-refractivity contribution in [2.24, 2.45) is 11.3 Å². The summed E-state index contributed by atoms with van der Waals surface area (Å²) in [6, 6.07) is 20.3. The number of benzene rings is 2. The van der Waals surface area contributed by atoms with Crippen LogP contribution < -0.4 is 10.4 Å². The Labute approximate surface area is 266 Å². The number of carbonyl (C=O) groups excluding carboxylic acids is 2. The molecular formula is C37H54O6Si. The van der Waals surface area contributed by atoms with Crippen molar-refractivity contribution in [2.75, 3.05) is 6.61 Å². The van der Waals surface area contributed by atoms with Gasteiger partial charge in [0.2, 0.25) is 0 Å². The summed E-state index contributed by atoms with van der Waals surface area (Å²) >= 11 is 0. The lowest BCUT2D eigenvalue weighted by molar-refractivity contribution is -0.175. The van der Waals surface area contributed by atoms with E-state index in [-0.39, 0.29) is 36.0 Å². The molecule has 0 amide bonds. The molecule has 0 bridgehead atoms. The van der Waals surface area contributed by atoms with Crippen molar-refractivity contribution in [3.05, 3.63) is 60.7 Å². The molecule has 4 rings (SSSR count). The zero-order valence-corrected chi connectivity index (χ0v) is 28.9. The molecule has 2 aliphatic heterocycles. The molecule has 6 nitrogen and oxygen atoms in total. The van der Waals surface area contributed by atoms with Gasteiger partial charge in [-0.3, -0.25) is 9.59 Å². The third kappa shape index (κ3) is 7.72. The lowest BCUT2D eigenvalue weighted by Gasteiger charge is -2.46. The van der Waals surface area contributed by atoms with Crippen LogP contribution >= 0.6 is 0 Å². The number of ether oxygens (including phenoxy) is 3. The van der Waals surface area contributed by atoms with Crippen molar-refractivity contribution >= 4 is 30.4 Å². The van der Waals surface area contributed by atoms with Crippen molar-refractivity contribution in [3.8, 4) is 0 Å². The number of ketones is 1. The van der Waals surface area contributed by atoms with Gasteiger partial charge in [-0.1, -0.05) is 81.4 Å². The first-order valence-corrected chi connectivity index (χ1v) is 18.5. The minimum Gasteiger partial charge on any atom is -0.465 e. The maximum Gasteiger partial charge on any atom is 0.311 e. The number of esters is 1. The monoisotopic (exact) mass is 622 g/mol. The largest absolute Gasteiger partial charge is 0.465 e. The van der Waals surface area contributed by atoms with E-state index < -0.39 is 24.4 Å². The lowest BCUT2D eigenvalue weighted by Crippen LogP contribution is -2.65. The highest BCUT2D eigenvalue weighted by Gasteiger charge is 2.56. The first kappa shape index (κ1) is 34.5. The molecule has 2 aliphatic rings. The molecule has 0 saturated carbocycles. The van der Waals surface area contributed by atoms with E-state index in [4.69, 9.17) is 14.2 Å². The Morgan fingerprint density at radius 1 is 0.977 bits per heavy atom. The molecule has 5 atom stereocenters. The van der Waals surface area contributed by atoms with Crippen LogP contribution in [0.15, 0.2) is 60.7 Å². The first-order valence-electron chi connectivity index (χ1n) is 16.5. The van der Waals surface area contributed by atoms with Gasteiger partial charge in [-0.2, -0.15) is 0 Å². The molecule has 1 N–H and O–H groups in total. The fourth-order valence-corrected chi connectivity index (χ4v) is 10.8. The highest BCUT2D eigenvalue weighted by atomic mass is 28.4. The van der Waals surface area contributed by atoms with E-state index in [9.17, 15) is 14.4 Å². The number of rotatable bonds is 13. The molecule has 7 heteroatoms. The lowest BCUT2D eigenvalue weighted by atomic mass is 9.80. The summed E-state index contributed by atoms with van der Waals surface area (Å²) in [5, 5.41) is 1.61. The van der Waals surface area contributed by atoms with Crippen molar-refractivity contribution in [1.82, 2.24) is 0 Å². The number of hydrogen-bond donors (Lipinski definition) is 1. The third-order valence-corrected chi connectivity index (χ3v) is 14.6. The number of hydrogen-bond acceptors (Lipinski definition) is 6. The summed E-state index contributed by atoms with van der Waals surface area (Å²) in [5.74, 6) is -0.0381. The molecule has 2 saturated heterocycles. The second-order valence-corrected chi connectivity index (χ2v) is 18.9. The molecule has 2 heterocycles. The summed E-state index contributed by atoms with van der Waals surface area (Å²) in [7, 11) is -3.18. The van der Waals surface area contributed by atoms with Gasteiger partial charge >= 0.3 is 5.97 Å². The smallest absolute Gasteiger partial charge is 0.311 e. The van der Waals surface area contributed by atoms with E-state index in [1.807, 2.05) is 64.1 Å². The van der Waals surface area contributed by atoms with E-state index in [2.05, 4.69) is 38.1 Å². The van der Waals surface area contributed by atoms with Crippen LogP contribution in [-0.4, -0.2) is 55.4 Å². The average molecular weight is 623 g/mol. The Morgan fingerprint density at radius 3 is 2.11 bits per heavy atom. The Balaban J connectivity index is 1.55. The van der Waals surface area contributed by atoms with Crippen molar-refractivity contribution in [3.63, 3.8) is 0 Å². The van der Waals surface area contributed by atoms with E-state index in [0.717, 1.165) is 55.3 Å². The van der Waals surface area contributed by atoms with E-state index in [1.165, 1.54) is 0 Å². The molecule has 0 aliphatic carbocycles. The predicted molar refractivity (Wildman–Crippen MR) is 178 cm³/mol. The average Bonchev–Trinajstić information content (AvgIpc) is 3.36. The summed E-state index contributed by atoms with van der Waals surface area (Å²) in [6.45, 7) is 14.1. The van der Waals surface area contributed by atoms with Gasteiger partial charge in [0.05, 0.1) is 35.9 Å². The second-order valence-electron chi connectivity index (χ2n) is 14.9. The fraction of sp³-hybridized carbons (Fsp3) is 0.622. The third-order valence-electron chi connectivity index (χ3n) is 10.0. The SMILES string of the molecule is CC(=O)[C@H](C)C[C@H]1CC[C@@H]2O[C@@H](CCCOC(=O)C(C)(C)C)C[C@]2(CCC(C)(C)[Si](O)(c2ccccc2)c2ccccc2)O1. The molecule has 0 spiro atoms. The molecule has 2 fully saturated rings. The molecule has 0 unspecified atom stereocenters. The molecular weight excluding hydrogens is 568 g/mol. The fourth-order valence-electron chi connectivity index (χ4n) is 7.03. The number of Topliss-reactive ketones (excluding diaryl/α,β-unsaturated/α-hetero) is 1. The van der Waals surface area contributed by atoms with Crippen LogP contribution in [0.2, 0.25) is 5.04 Å². The van der Waals surface area contributed by atoms with Crippen LogP contribution in [0.5, 0.6) is 0 Å². The Morgan fingerprint density at radius 2 is 1.57 bits per heavy atom. The van der Waals surface area contributed by atoms with Gasteiger partial charge in [-0.15, -0.1) is 0 Å². The van der Waals surface area contributed by atoms with Gasteiger partial charge in [-0.25, -0.2) is 0 Å². The molecule has 242 valence electrons. The maximum absolute atomic E-state index is 12.8. The Hall–Kier alpha value is -2.32. The summed E-state index contributed by atoms with van der Waals surface area (Å²) in [4.78, 5) is 37.1. The molecule has 2 aromatic rings. The molecule has 2 aromatic carbocycles. The molecule has 0 aromatic heterocycles. The maximum atomic E-state index is 12.8. The number of carbonyl (C=O) groups is 2. The van der Waals surface area contributed by atoms with Gasteiger partial charge < -0.3 is 19.0 Å². The number of fused-ring (bicyclic) bond motifs is 1. The Bertz CT molecular complexity index is 1200. The van der Waals surface area contributed by atoms with Crippen LogP contribution in [0.1, 0.15) is 99.8 Å². The van der Waals surface area contributed by atoms with Crippen LogP contribution in [0.3, 0.4) is 0 Å². The predicted octanol–water partition coefficient (Wildman–Crippen LogP) is 6.36. The zero-order valence-electron chi connectivity index (χ0n) is 27.9. The quantitative estimate of drug-likeness (QED) is 0.159. The summed E-state index contributed by atoms with van der Waals surface area (Å²) < 4.78 is 19.2. The zero-order chi connectivity index (χ0) is 32.2. The van der Waals surface area contributed by atoms with Gasteiger partial charge in [0, 0.05) is 12.3 Å². The summed E-state index contributed by atoms with van der Waals surface area (Å²) in [6.07, 6.45) is 6.29. The van der Waals surface area contributed by atoms with E-state index >= 15 is 0 Å². The topological polar surface area (TPSA) is 82.1 Å². The Kier molecular flexibility index (Phi) is 11.0. The van der Waals surface area contributed by atoms with Crippen LogP contribution in [0.25, 0.3) is 0 Å². The standard InChI is InChI=1S/C37H54O6Si/c1-27(28(2)38)25-29-20-21-33-37(43-29,26-30(42-33)15-14-24-41-34(39)35(3,4)5)23-22-36(6,7)44(40,31-16-10-8-11-17-31)32-18-12-9-13-19-32/h8-13,16-19,27,29-30,33,40H,14-15,20-26H2,1-7H3/t27-,29-,30+,33+,37+/m1/s1. The minimum atomic E-state index is -3.18. The van der Waals surface area contributed by atoms with Gasteiger partial charge in [0.1, 0.15) is 5.78 Å². The van der Waals surface area contributed by atoms with Crippen molar-refractivity contribution in [2.45, 2.75) is 129 Å². The normalized spacial score (nSPS) is 24.9. The molecule has 44 heavy (non-hydrogen) atoms. The second kappa shape index (κ2) is 14.0. The minimum absolute atomic E-state index is 0.00253. The van der Waals surface area contributed by atoms with Gasteiger partial charge in [0.25, 0.3) is 8.32 Å². The van der Waals surface area contributed by atoms with E-state index in [1.54, 1.807) is 6.92 Å². The van der Waals surface area contributed by atoms with E-state index in [0.29, 0.717) is 13.0 Å². The van der Waals surface area contributed by atoms with Crippen LogP contribution in [-0.2, 0) is 23.8 Å². The van der Waals surface area contributed by atoms with Gasteiger partial charge in [-0.05, 0) is 88.1 Å². The van der Waals surface area contributed by atoms with Gasteiger partial charge in [0.15, 0.2) is 0 Å². The van der Waals surface area contributed by atoms with Crippen molar-refractivity contribution in [1.29, 1.82) is 0 Å². The van der Waals surface area contributed by atoms with Crippen LogP contribution in [0, 0.1) is 11.3 Å².